The molecule has 1 aromatic carbocycles. The lowest BCUT2D eigenvalue weighted by molar-refractivity contribution is -0.137. The number of hydrogen-bond donors (Lipinski definition) is 3. The lowest BCUT2D eigenvalue weighted by Gasteiger charge is -2.44. The van der Waals surface area contributed by atoms with Gasteiger partial charge < -0.3 is 26.0 Å². The van der Waals surface area contributed by atoms with Gasteiger partial charge in [-0.1, -0.05) is 23.2 Å². The zero-order valence-electron chi connectivity index (χ0n) is 16.6. The maximum Gasteiger partial charge on any atom is 0.245 e. The summed E-state index contributed by atoms with van der Waals surface area (Å²) in [6.45, 7) is 1.10. The number of rotatable bonds is 4. The van der Waals surface area contributed by atoms with Gasteiger partial charge in [0.1, 0.15) is 12.4 Å². The number of aromatic nitrogens is 2. The Morgan fingerprint density at radius 1 is 1.19 bits per heavy atom. The van der Waals surface area contributed by atoms with Gasteiger partial charge in [0.25, 0.3) is 0 Å². The molecule has 4 rings (SSSR count). The third-order valence-corrected chi connectivity index (χ3v) is 6.06. The highest BCUT2D eigenvalue weighted by atomic mass is 35.5. The number of aliphatic hydroxyl groups is 1. The summed E-state index contributed by atoms with van der Waals surface area (Å²) in [5.41, 5.74) is 6.24. The van der Waals surface area contributed by atoms with E-state index in [0.29, 0.717) is 41.7 Å². The van der Waals surface area contributed by atoms with Crippen molar-refractivity contribution < 1.29 is 14.3 Å². The molecule has 0 spiro atoms. The molecule has 0 saturated carbocycles. The molecule has 2 aromatic rings. The van der Waals surface area contributed by atoms with E-state index in [-0.39, 0.29) is 30.1 Å². The molecule has 2 fully saturated rings. The van der Waals surface area contributed by atoms with E-state index in [9.17, 15) is 14.3 Å². The van der Waals surface area contributed by atoms with Crippen molar-refractivity contribution >= 4 is 46.4 Å². The maximum absolute atomic E-state index is 14.4. The lowest BCUT2D eigenvalue weighted by Crippen LogP contribution is -2.59. The van der Waals surface area contributed by atoms with Gasteiger partial charge in [0.2, 0.25) is 11.7 Å². The van der Waals surface area contributed by atoms with E-state index in [2.05, 4.69) is 15.3 Å². The zero-order chi connectivity index (χ0) is 22.1. The second-order valence-corrected chi connectivity index (χ2v) is 8.75. The molecule has 2 aliphatic rings. The summed E-state index contributed by atoms with van der Waals surface area (Å²) in [5.74, 6) is -1.02. The molecule has 11 heteroatoms. The van der Waals surface area contributed by atoms with Crippen LogP contribution in [0.25, 0.3) is 0 Å². The first-order valence-corrected chi connectivity index (χ1v) is 10.8. The molecule has 2 aliphatic heterocycles. The molecule has 1 amide bonds. The largest absolute Gasteiger partial charge is 0.391 e. The average molecular weight is 469 g/mol. The Hall–Kier alpha value is -2.36. The quantitative estimate of drug-likeness (QED) is 0.632. The van der Waals surface area contributed by atoms with Crippen LogP contribution in [-0.4, -0.2) is 63.7 Å². The van der Waals surface area contributed by atoms with Gasteiger partial charge in [-0.15, -0.1) is 0 Å². The molecule has 0 radical (unpaired) electrons. The fourth-order valence-electron chi connectivity index (χ4n) is 4.27. The van der Waals surface area contributed by atoms with Gasteiger partial charge in [0.15, 0.2) is 11.6 Å². The zero-order valence-corrected chi connectivity index (χ0v) is 18.2. The molecule has 0 bridgehead atoms. The van der Waals surface area contributed by atoms with Gasteiger partial charge in [-0.3, -0.25) is 4.79 Å². The first-order valence-electron chi connectivity index (χ1n) is 10.0. The molecular formula is C20H23Cl2FN6O2. The van der Waals surface area contributed by atoms with E-state index in [0.717, 1.165) is 6.42 Å². The normalized spacial score (nSPS) is 24.4. The summed E-state index contributed by atoms with van der Waals surface area (Å²) >= 11 is 12.1. The second kappa shape index (κ2) is 9.02. The first kappa shape index (κ1) is 21.9. The van der Waals surface area contributed by atoms with E-state index < -0.39 is 18.0 Å². The van der Waals surface area contributed by atoms with Crippen LogP contribution in [0.4, 0.5) is 21.7 Å². The van der Waals surface area contributed by atoms with Crippen LogP contribution in [0, 0.1) is 5.82 Å². The number of carbonyl (C=O) groups excluding carboxylic acids is 1. The highest BCUT2D eigenvalue weighted by Gasteiger charge is 2.38. The summed E-state index contributed by atoms with van der Waals surface area (Å²) in [4.78, 5) is 24.3. The Labute approximate surface area is 189 Å². The smallest absolute Gasteiger partial charge is 0.245 e. The molecule has 166 valence electrons. The number of nitrogens with one attached hydrogen (secondary N) is 1. The van der Waals surface area contributed by atoms with Crippen LogP contribution in [0.5, 0.6) is 0 Å². The number of hydrogen-bond acceptors (Lipinski definition) is 7. The summed E-state index contributed by atoms with van der Waals surface area (Å²) in [6, 6.07) is 4.32. The molecule has 3 heterocycles. The Balaban J connectivity index is 1.51. The Bertz CT molecular complexity index is 960. The molecule has 3 atom stereocenters. The SMILES string of the molecule is Nc1ncnc(N2C[C@@H](O)C[C@@H](N3CCCC(Nc4cc(Cl)cc(Cl)c4)C3=O)C2)c1F. The van der Waals surface area contributed by atoms with Crippen LogP contribution in [0.15, 0.2) is 24.5 Å². The third-order valence-electron chi connectivity index (χ3n) is 5.62. The second-order valence-electron chi connectivity index (χ2n) is 7.87. The van der Waals surface area contributed by atoms with Gasteiger partial charge in [-0.2, -0.15) is 4.39 Å². The summed E-state index contributed by atoms with van der Waals surface area (Å²) < 4.78 is 14.4. The van der Waals surface area contributed by atoms with Gasteiger partial charge in [-0.25, -0.2) is 9.97 Å². The van der Waals surface area contributed by atoms with Crippen molar-refractivity contribution in [3.63, 3.8) is 0 Å². The number of benzene rings is 1. The predicted octanol–water partition coefficient (Wildman–Crippen LogP) is 2.55. The number of aliphatic hydroxyl groups excluding tert-OH is 1. The summed E-state index contributed by atoms with van der Waals surface area (Å²) in [6.07, 6.45) is 2.31. The van der Waals surface area contributed by atoms with Crippen molar-refractivity contribution in [1.29, 1.82) is 0 Å². The van der Waals surface area contributed by atoms with Crippen LogP contribution >= 0.6 is 23.2 Å². The van der Waals surface area contributed by atoms with Crippen molar-refractivity contribution in [3.05, 3.63) is 40.4 Å². The van der Waals surface area contributed by atoms with Gasteiger partial charge in [0.05, 0.1) is 12.1 Å². The number of nitrogen functional groups attached to an aromatic ring is 1. The van der Waals surface area contributed by atoms with Crippen LogP contribution < -0.4 is 16.0 Å². The molecule has 0 aliphatic carbocycles. The van der Waals surface area contributed by atoms with Crippen molar-refractivity contribution in [3.8, 4) is 0 Å². The first-order chi connectivity index (χ1) is 14.8. The Kier molecular flexibility index (Phi) is 6.36. The van der Waals surface area contributed by atoms with E-state index in [4.69, 9.17) is 28.9 Å². The summed E-state index contributed by atoms with van der Waals surface area (Å²) in [5, 5.41) is 14.6. The number of amides is 1. The summed E-state index contributed by atoms with van der Waals surface area (Å²) in [7, 11) is 0. The topological polar surface area (TPSA) is 108 Å². The number of nitrogens with two attached hydrogens (primary N) is 1. The van der Waals surface area contributed by atoms with Gasteiger partial charge in [0, 0.05) is 35.4 Å². The Morgan fingerprint density at radius 2 is 1.94 bits per heavy atom. The number of piperidine rings is 2. The minimum Gasteiger partial charge on any atom is -0.391 e. The van der Waals surface area contributed by atoms with Crippen LogP contribution in [-0.2, 0) is 4.79 Å². The third kappa shape index (κ3) is 4.78. The average Bonchev–Trinajstić information content (AvgIpc) is 2.70. The molecule has 31 heavy (non-hydrogen) atoms. The fourth-order valence-corrected chi connectivity index (χ4v) is 4.80. The number of nitrogens with zero attached hydrogens (tertiary/aromatic N) is 4. The van der Waals surface area contributed by atoms with Crippen LogP contribution in [0.1, 0.15) is 19.3 Å². The Morgan fingerprint density at radius 3 is 2.68 bits per heavy atom. The van der Waals surface area contributed by atoms with Crippen molar-refractivity contribution in [2.45, 2.75) is 37.5 Å². The van der Waals surface area contributed by atoms with Crippen molar-refractivity contribution in [1.82, 2.24) is 14.9 Å². The van der Waals surface area contributed by atoms with E-state index in [1.54, 1.807) is 28.0 Å². The van der Waals surface area contributed by atoms with Crippen molar-refractivity contribution in [2.75, 3.05) is 35.6 Å². The number of anilines is 3. The van der Waals surface area contributed by atoms with Crippen molar-refractivity contribution in [2.24, 2.45) is 0 Å². The minimum absolute atomic E-state index is 0.0314. The van der Waals surface area contributed by atoms with E-state index >= 15 is 0 Å². The van der Waals surface area contributed by atoms with E-state index in [1.807, 2.05) is 0 Å². The molecular weight excluding hydrogens is 446 g/mol. The number of halogens is 3. The molecule has 1 aromatic heterocycles. The predicted molar refractivity (Wildman–Crippen MR) is 118 cm³/mol. The molecule has 1 unspecified atom stereocenters. The number of β-amino-alcohol motifs (C(OH)–C–C–N with tert-alkyl or cyclic N) is 1. The van der Waals surface area contributed by atoms with E-state index in [1.165, 1.54) is 6.33 Å². The highest BCUT2D eigenvalue weighted by molar-refractivity contribution is 6.35. The fraction of sp³-hybridized carbons (Fsp3) is 0.450. The molecule has 2 saturated heterocycles. The van der Waals surface area contributed by atoms with Gasteiger partial charge >= 0.3 is 0 Å². The highest BCUT2D eigenvalue weighted by Crippen LogP contribution is 2.29. The van der Waals surface area contributed by atoms with Crippen LogP contribution in [0.3, 0.4) is 0 Å². The van der Waals surface area contributed by atoms with Gasteiger partial charge in [-0.05, 0) is 37.5 Å². The standard InChI is InChI=1S/C20H23Cl2FN6O2/c21-11-4-12(22)6-13(5-11)27-16-2-1-3-29(20(16)31)14-7-15(30)9-28(8-14)19-17(23)18(24)25-10-26-19/h4-6,10,14-16,27,30H,1-3,7-9H2,(H2,24,25,26)/t14-,15+,16?/m1/s1. The number of likely N-dealkylation sites (tertiary alicyclic amines) is 1. The molecule has 4 N–H and O–H groups in total. The monoisotopic (exact) mass is 468 g/mol. The lowest BCUT2D eigenvalue weighted by atomic mass is 9.96. The minimum atomic E-state index is -0.734. The molecule has 8 nitrogen and oxygen atoms in total. The maximum atomic E-state index is 14.4. The van der Waals surface area contributed by atoms with Crippen LogP contribution in [0.2, 0.25) is 10.0 Å². The number of carbonyl (C=O) groups is 1.